The number of halogens is 1. The smallest absolute Gasteiger partial charge is 0.269 e. The van der Waals surface area contributed by atoms with Crippen molar-refractivity contribution >= 4 is 11.6 Å². The van der Waals surface area contributed by atoms with Gasteiger partial charge in [0.1, 0.15) is 11.5 Å². The molecule has 0 spiro atoms. The summed E-state index contributed by atoms with van der Waals surface area (Å²) < 4.78 is 18.2. The summed E-state index contributed by atoms with van der Waals surface area (Å²) in [5, 5.41) is 6.19. The lowest BCUT2D eigenvalue weighted by atomic mass is 10.1. The lowest BCUT2D eigenvalue weighted by Crippen LogP contribution is -2.39. The van der Waals surface area contributed by atoms with Crippen LogP contribution in [-0.4, -0.2) is 61.7 Å². The molecule has 0 radical (unpaired) electrons. The average molecular weight is 372 g/mol. The van der Waals surface area contributed by atoms with Crippen molar-refractivity contribution in [1.82, 2.24) is 15.2 Å². The zero-order valence-corrected chi connectivity index (χ0v) is 15.3. The number of nitrogens with one attached hydrogen (secondary N) is 2. The van der Waals surface area contributed by atoms with E-state index in [0.717, 1.165) is 50.6 Å². The first-order valence-corrected chi connectivity index (χ1v) is 9.23. The molecule has 0 atom stereocenters. The fraction of sp³-hybridized carbons (Fsp3) is 0.400. The molecule has 1 aromatic heterocycles. The van der Waals surface area contributed by atoms with Gasteiger partial charge in [-0.05, 0) is 36.2 Å². The van der Waals surface area contributed by atoms with E-state index in [9.17, 15) is 9.18 Å². The molecule has 0 unspecified atom stereocenters. The topological polar surface area (TPSA) is 66.5 Å². The second-order valence-corrected chi connectivity index (χ2v) is 6.44. The summed E-state index contributed by atoms with van der Waals surface area (Å²) in [4.78, 5) is 18.8. The van der Waals surface area contributed by atoms with Crippen molar-refractivity contribution < 1.29 is 13.9 Å². The van der Waals surface area contributed by atoms with Crippen LogP contribution in [0.1, 0.15) is 16.1 Å². The minimum atomic E-state index is -0.259. The molecule has 1 saturated heterocycles. The van der Waals surface area contributed by atoms with Crippen LogP contribution in [0.4, 0.5) is 10.1 Å². The van der Waals surface area contributed by atoms with E-state index in [1.807, 2.05) is 6.07 Å². The highest BCUT2D eigenvalue weighted by Crippen LogP contribution is 2.08. The number of amides is 1. The van der Waals surface area contributed by atoms with Gasteiger partial charge in [0, 0.05) is 44.6 Å². The maximum absolute atomic E-state index is 12.9. The van der Waals surface area contributed by atoms with Crippen LogP contribution >= 0.6 is 0 Å². The third-order valence-corrected chi connectivity index (χ3v) is 4.47. The van der Waals surface area contributed by atoms with E-state index in [1.165, 1.54) is 12.1 Å². The van der Waals surface area contributed by atoms with E-state index >= 15 is 0 Å². The normalized spacial score (nSPS) is 14.7. The number of carbonyl (C=O) groups is 1. The summed E-state index contributed by atoms with van der Waals surface area (Å²) in [6.07, 6.45) is 2.27. The zero-order valence-electron chi connectivity index (χ0n) is 15.3. The van der Waals surface area contributed by atoms with Crippen molar-refractivity contribution in [2.45, 2.75) is 6.42 Å². The first-order chi connectivity index (χ1) is 13.2. The number of nitrogens with zero attached hydrogens (tertiary/aromatic N) is 2. The van der Waals surface area contributed by atoms with E-state index in [0.29, 0.717) is 18.7 Å². The zero-order chi connectivity index (χ0) is 18.9. The summed E-state index contributed by atoms with van der Waals surface area (Å²) in [7, 11) is 0. The van der Waals surface area contributed by atoms with Crippen molar-refractivity contribution in [3.05, 3.63) is 59.7 Å². The lowest BCUT2D eigenvalue weighted by molar-refractivity contribution is 0.0398. The van der Waals surface area contributed by atoms with Gasteiger partial charge in [0.05, 0.1) is 13.2 Å². The van der Waals surface area contributed by atoms with Crippen molar-refractivity contribution in [1.29, 1.82) is 0 Å². The van der Waals surface area contributed by atoms with Crippen LogP contribution in [-0.2, 0) is 11.2 Å². The lowest BCUT2D eigenvalue weighted by Gasteiger charge is -2.26. The van der Waals surface area contributed by atoms with Crippen molar-refractivity contribution in [2.24, 2.45) is 0 Å². The Morgan fingerprint density at radius 1 is 1.15 bits per heavy atom. The number of hydrogen-bond acceptors (Lipinski definition) is 5. The van der Waals surface area contributed by atoms with E-state index in [-0.39, 0.29) is 11.7 Å². The molecule has 1 amide bonds. The number of ether oxygens (including phenoxy) is 1. The number of morpholine rings is 1. The number of carbonyl (C=O) groups excluding carboxylic acids is 1. The van der Waals surface area contributed by atoms with E-state index in [4.69, 9.17) is 4.74 Å². The number of anilines is 1. The minimum Gasteiger partial charge on any atom is -0.384 e. The Balaban J connectivity index is 1.42. The van der Waals surface area contributed by atoms with E-state index in [1.54, 1.807) is 24.4 Å². The molecular formula is C20H25FN4O2. The molecule has 3 rings (SSSR count). The Hall–Kier alpha value is -2.51. The Labute approximate surface area is 158 Å². The number of hydrogen-bond donors (Lipinski definition) is 2. The number of rotatable bonds is 8. The maximum Gasteiger partial charge on any atom is 0.269 e. The van der Waals surface area contributed by atoms with Gasteiger partial charge in [0.15, 0.2) is 0 Å². The maximum atomic E-state index is 12.9. The van der Waals surface area contributed by atoms with Gasteiger partial charge in [0.25, 0.3) is 5.91 Å². The molecule has 1 aliphatic rings. The van der Waals surface area contributed by atoms with Crippen molar-refractivity contribution in [2.75, 3.05) is 51.3 Å². The second-order valence-electron chi connectivity index (χ2n) is 6.44. The van der Waals surface area contributed by atoms with Crippen LogP contribution in [0.25, 0.3) is 0 Å². The van der Waals surface area contributed by atoms with Gasteiger partial charge in [0.2, 0.25) is 0 Å². The molecule has 1 aliphatic heterocycles. The molecule has 1 aromatic carbocycles. The number of benzene rings is 1. The van der Waals surface area contributed by atoms with Gasteiger partial charge in [-0.2, -0.15) is 0 Å². The van der Waals surface area contributed by atoms with Crippen LogP contribution in [0, 0.1) is 5.82 Å². The van der Waals surface area contributed by atoms with Gasteiger partial charge in [-0.15, -0.1) is 0 Å². The van der Waals surface area contributed by atoms with Gasteiger partial charge in [-0.1, -0.05) is 12.1 Å². The fourth-order valence-electron chi connectivity index (χ4n) is 2.91. The third-order valence-electron chi connectivity index (χ3n) is 4.47. The van der Waals surface area contributed by atoms with Crippen LogP contribution < -0.4 is 10.6 Å². The minimum absolute atomic E-state index is 0.214. The monoisotopic (exact) mass is 372 g/mol. The van der Waals surface area contributed by atoms with Crippen LogP contribution in [0.2, 0.25) is 0 Å². The Bertz CT molecular complexity index is 733. The number of aromatic nitrogens is 1. The van der Waals surface area contributed by atoms with Gasteiger partial charge < -0.3 is 15.4 Å². The van der Waals surface area contributed by atoms with Crippen LogP contribution in [0.3, 0.4) is 0 Å². The molecule has 0 bridgehead atoms. The van der Waals surface area contributed by atoms with Crippen LogP contribution in [0.5, 0.6) is 0 Å². The van der Waals surface area contributed by atoms with Gasteiger partial charge in [-0.25, -0.2) is 4.39 Å². The molecule has 1 fully saturated rings. The molecular weight excluding hydrogens is 347 g/mol. The van der Waals surface area contributed by atoms with Crippen LogP contribution in [0.15, 0.2) is 42.6 Å². The Morgan fingerprint density at radius 2 is 1.93 bits per heavy atom. The SMILES string of the molecule is O=C(NCCc1ccc(F)cc1)c1cc(NCCN2CCOCC2)ccn1. The molecule has 0 saturated carbocycles. The largest absolute Gasteiger partial charge is 0.384 e. The molecule has 27 heavy (non-hydrogen) atoms. The molecule has 2 aromatic rings. The summed E-state index contributed by atoms with van der Waals surface area (Å²) in [5.41, 5.74) is 2.23. The summed E-state index contributed by atoms with van der Waals surface area (Å²) in [6, 6.07) is 9.90. The summed E-state index contributed by atoms with van der Waals surface area (Å²) in [6.45, 7) is 5.70. The predicted octanol–water partition coefficient (Wildman–Crippen LogP) is 1.94. The predicted molar refractivity (Wildman–Crippen MR) is 102 cm³/mol. The fourth-order valence-corrected chi connectivity index (χ4v) is 2.91. The summed E-state index contributed by atoms with van der Waals surface area (Å²) >= 11 is 0. The molecule has 2 N–H and O–H groups in total. The highest BCUT2D eigenvalue weighted by molar-refractivity contribution is 5.93. The highest BCUT2D eigenvalue weighted by atomic mass is 19.1. The molecule has 7 heteroatoms. The standard InChI is InChI=1S/C20H25FN4O2/c21-17-3-1-16(2-4-17)5-7-24-20(26)19-15-18(6-8-23-19)22-9-10-25-11-13-27-14-12-25/h1-4,6,8,15H,5,7,9-14H2,(H,22,23)(H,24,26). The van der Waals surface area contributed by atoms with E-state index in [2.05, 4.69) is 20.5 Å². The quantitative estimate of drug-likeness (QED) is 0.741. The van der Waals surface area contributed by atoms with Gasteiger partial charge in [-0.3, -0.25) is 14.7 Å². The first-order valence-electron chi connectivity index (χ1n) is 9.23. The average Bonchev–Trinajstić information content (AvgIpc) is 2.70. The van der Waals surface area contributed by atoms with Crippen molar-refractivity contribution in [3.63, 3.8) is 0 Å². The Kier molecular flexibility index (Phi) is 7.12. The summed E-state index contributed by atoms with van der Waals surface area (Å²) in [5.74, 6) is -0.473. The third kappa shape index (κ3) is 6.30. The molecule has 144 valence electrons. The van der Waals surface area contributed by atoms with Crippen molar-refractivity contribution in [3.8, 4) is 0 Å². The highest BCUT2D eigenvalue weighted by Gasteiger charge is 2.10. The molecule has 0 aliphatic carbocycles. The first kappa shape index (κ1) is 19.3. The van der Waals surface area contributed by atoms with E-state index < -0.39 is 0 Å². The molecule has 6 nitrogen and oxygen atoms in total. The molecule has 2 heterocycles. The van der Waals surface area contributed by atoms with Gasteiger partial charge >= 0.3 is 0 Å². The second kappa shape index (κ2) is 9.99. The Morgan fingerprint density at radius 3 is 2.70 bits per heavy atom. The number of pyridine rings is 1.